The Morgan fingerprint density at radius 3 is 1.76 bits per heavy atom. The molecular weight excluding hydrogens is 323 g/mol. The molecule has 0 saturated heterocycles. The molecule has 0 aliphatic heterocycles. The molecule has 2 aromatic carbocycles. The Kier molecular flexibility index (Phi) is 7.06. The third-order valence-corrected chi connectivity index (χ3v) is 4.32. The van der Waals surface area contributed by atoms with Crippen molar-refractivity contribution in [3.63, 3.8) is 0 Å². The van der Waals surface area contributed by atoms with Crippen LogP contribution in [0.3, 0.4) is 0 Å². The predicted octanol–water partition coefficient (Wildman–Crippen LogP) is 6.04. The fourth-order valence-corrected chi connectivity index (χ4v) is 2.83. The summed E-state index contributed by atoms with van der Waals surface area (Å²) in [6.07, 6.45) is 1.66. The molecule has 0 fully saturated rings. The molecule has 0 amide bonds. The molecule has 0 saturated carbocycles. The van der Waals surface area contributed by atoms with Gasteiger partial charge in [-0.15, -0.1) is 0 Å². The first-order valence-corrected chi connectivity index (χ1v) is 8.77. The number of aryl methyl sites for hydroxylation is 1. The van der Waals surface area contributed by atoms with Crippen LogP contribution in [-0.2, 0) is 12.6 Å². The molecule has 25 heavy (non-hydrogen) atoms. The van der Waals surface area contributed by atoms with Crippen LogP contribution in [0, 0.1) is 0 Å². The van der Waals surface area contributed by atoms with Crippen molar-refractivity contribution in [3.05, 3.63) is 59.7 Å². The van der Waals surface area contributed by atoms with E-state index < -0.39 is 11.7 Å². The quantitative estimate of drug-likeness (QED) is 0.525. The van der Waals surface area contributed by atoms with Crippen molar-refractivity contribution in [1.82, 2.24) is 4.90 Å². The minimum atomic E-state index is -4.28. The van der Waals surface area contributed by atoms with E-state index in [0.29, 0.717) is 0 Å². The molecule has 2 aromatic rings. The number of nitrogens with zero attached hydrogens (tertiary/aromatic N) is 1. The van der Waals surface area contributed by atoms with Crippen molar-refractivity contribution in [2.24, 2.45) is 0 Å². The lowest BCUT2D eigenvalue weighted by molar-refractivity contribution is -0.137. The van der Waals surface area contributed by atoms with E-state index in [4.69, 9.17) is 0 Å². The number of alkyl halides is 3. The molecule has 4 heteroatoms. The summed E-state index contributed by atoms with van der Waals surface area (Å²) in [5.41, 5.74) is 2.43. The maximum atomic E-state index is 12.6. The van der Waals surface area contributed by atoms with E-state index in [1.165, 1.54) is 43.4 Å². The highest BCUT2D eigenvalue weighted by Crippen LogP contribution is 2.31. The highest BCUT2D eigenvalue weighted by Gasteiger charge is 2.29. The third kappa shape index (κ3) is 6.54. The van der Waals surface area contributed by atoms with E-state index >= 15 is 0 Å². The summed E-state index contributed by atoms with van der Waals surface area (Å²) in [5.74, 6) is 0. The summed E-state index contributed by atoms with van der Waals surface area (Å²) in [6, 6.07) is 13.5. The Bertz CT molecular complexity index is 628. The Morgan fingerprint density at radius 2 is 1.24 bits per heavy atom. The van der Waals surface area contributed by atoms with Gasteiger partial charge in [0.1, 0.15) is 0 Å². The number of hydrogen-bond acceptors (Lipinski definition) is 1. The van der Waals surface area contributed by atoms with E-state index in [1.807, 2.05) is 12.1 Å². The Labute approximate surface area is 148 Å². The van der Waals surface area contributed by atoms with E-state index in [2.05, 4.69) is 31.1 Å². The highest BCUT2D eigenvalue weighted by molar-refractivity contribution is 5.64. The Morgan fingerprint density at radius 1 is 0.720 bits per heavy atom. The zero-order chi connectivity index (χ0) is 18.3. The molecule has 0 N–H and O–H groups in total. The molecule has 0 atom stereocenters. The first-order valence-electron chi connectivity index (χ1n) is 8.77. The zero-order valence-corrected chi connectivity index (χ0v) is 14.9. The maximum Gasteiger partial charge on any atom is 0.416 e. The van der Waals surface area contributed by atoms with Gasteiger partial charge in [-0.1, -0.05) is 49.2 Å². The molecular formula is C21H26F3N. The number of unbranched alkanes of at least 4 members (excludes halogenated alkanes) is 3. The standard InChI is InChI=1S/C21H26F3N/c1-25(2)16-6-4-3-5-7-17-8-10-18(11-9-17)19-12-14-20(15-13-19)21(22,23)24/h8-15H,3-7,16H2,1-2H3. The number of benzene rings is 2. The van der Waals surface area contributed by atoms with E-state index in [9.17, 15) is 13.2 Å². The number of hydrogen-bond donors (Lipinski definition) is 0. The van der Waals surface area contributed by atoms with Crippen LogP contribution < -0.4 is 0 Å². The topological polar surface area (TPSA) is 3.24 Å². The van der Waals surface area contributed by atoms with Crippen molar-refractivity contribution in [3.8, 4) is 11.1 Å². The number of halogens is 3. The van der Waals surface area contributed by atoms with Gasteiger partial charge < -0.3 is 4.90 Å². The molecule has 0 bridgehead atoms. The van der Waals surface area contributed by atoms with Gasteiger partial charge in [0, 0.05) is 0 Å². The maximum absolute atomic E-state index is 12.6. The zero-order valence-electron chi connectivity index (χ0n) is 14.9. The lowest BCUT2D eigenvalue weighted by Gasteiger charge is -2.09. The average molecular weight is 349 g/mol. The molecule has 0 heterocycles. The SMILES string of the molecule is CN(C)CCCCCCc1ccc(-c2ccc(C(F)(F)F)cc2)cc1. The molecule has 1 nitrogen and oxygen atoms in total. The van der Waals surface area contributed by atoms with Crippen molar-refractivity contribution in [1.29, 1.82) is 0 Å². The van der Waals surface area contributed by atoms with Gasteiger partial charge in [0.15, 0.2) is 0 Å². The van der Waals surface area contributed by atoms with Crippen LogP contribution in [0.4, 0.5) is 13.2 Å². The van der Waals surface area contributed by atoms with Crippen molar-refractivity contribution < 1.29 is 13.2 Å². The van der Waals surface area contributed by atoms with Crippen LogP contribution >= 0.6 is 0 Å². The van der Waals surface area contributed by atoms with Crippen LogP contribution in [0.5, 0.6) is 0 Å². The van der Waals surface area contributed by atoms with Crippen LogP contribution in [0.15, 0.2) is 48.5 Å². The van der Waals surface area contributed by atoms with Crippen LogP contribution in [-0.4, -0.2) is 25.5 Å². The molecule has 2 rings (SSSR count). The molecule has 0 aromatic heterocycles. The second-order valence-electron chi connectivity index (χ2n) is 6.74. The second-order valence-corrected chi connectivity index (χ2v) is 6.74. The lowest BCUT2D eigenvalue weighted by Crippen LogP contribution is -2.12. The monoisotopic (exact) mass is 349 g/mol. The van der Waals surface area contributed by atoms with Gasteiger partial charge in [-0.25, -0.2) is 0 Å². The summed E-state index contributed by atoms with van der Waals surface area (Å²) < 4.78 is 37.8. The van der Waals surface area contributed by atoms with E-state index in [1.54, 1.807) is 0 Å². The van der Waals surface area contributed by atoms with Crippen LogP contribution in [0.1, 0.15) is 36.8 Å². The summed E-state index contributed by atoms with van der Waals surface area (Å²) in [7, 11) is 4.19. The normalized spacial score (nSPS) is 11.9. The first kappa shape index (κ1) is 19.5. The molecule has 0 aliphatic carbocycles. The van der Waals surface area contributed by atoms with Gasteiger partial charge in [-0.3, -0.25) is 0 Å². The Hall–Kier alpha value is -1.81. The van der Waals surface area contributed by atoms with Gasteiger partial charge in [-0.2, -0.15) is 13.2 Å². The smallest absolute Gasteiger partial charge is 0.309 e. The predicted molar refractivity (Wildman–Crippen MR) is 97.6 cm³/mol. The van der Waals surface area contributed by atoms with Gasteiger partial charge in [0.2, 0.25) is 0 Å². The molecule has 0 unspecified atom stereocenters. The fraction of sp³-hybridized carbons (Fsp3) is 0.429. The Balaban J connectivity index is 1.83. The minimum absolute atomic E-state index is 0.609. The fourth-order valence-electron chi connectivity index (χ4n) is 2.83. The lowest BCUT2D eigenvalue weighted by atomic mass is 10.00. The van der Waals surface area contributed by atoms with Gasteiger partial charge in [-0.05, 0) is 68.7 Å². The van der Waals surface area contributed by atoms with Crippen molar-refractivity contribution >= 4 is 0 Å². The minimum Gasteiger partial charge on any atom is -0.309 e. The second kappa shape index (κ2) is 9.04. The molecule has 0 spiro atoms. The number of rotatable bonds is 8. The molecule has 0 aliphatic rings. The summed E-state index contributed by atoms with van der Waals surface area (Å²) in [6.45, 7) is 1.14. The highest BCUT2D eigenvalue weighted by atomic mass is 19.4. The largest absolute Gasteiger partial charge is 0.416 e. The first-order chi connectivity index (χ1) is 11.9. The summed E-state index contributed by atoms with van der Waals surface area (Å²) >= 11 is 0. The molecule has 136 valence electrons. The van der Waals surface area contributed by atoms with Gasteiger partial charge >= 0.3 is 6.18 Å². The van der Waals surface area contributed by atoms with E-state index in [0.717, 1.165) is 36.2 Å². The van der Waals surface area contributed by atoms with E-state index in [-0.39, 0.29) is 0 Å². The van der Waals surface area contributed by atoms with Crippen molar-refractivity contribution in [2.75, 3.05) is 20.6 Å². The van der Waals surface area contributed by atoms with Crippen molar-refractivity contribution in [2.45, 2.75) is 38.3 Å². The third-order valence-electron chi connectivity index (χ3n) is 4.32. The average Bonchev–Trinajstić information content (AvgIpc) is 2.58. The summed E-state index contributed by atoms with van der Waals surface area (Å²) in [4.78, 5) is 2.21. The van der Waals surface area contributed by atoms with Gasteiger partial charge in [0.25, 0.3) is 0 Å². The summed E-state index contributed by atoms with van der Waals surface area (Å²) in [5, 5.41) is 0. The van der Waals surface area contributed by atoms with Crippen LogP contribution in [0.2, 0.25) is 0 Å². The molecule has 0 radical (unpaired) electrons. The van der Waals surface area contributed by atoms with Gasteiger partial charge in [0.05, 0.1) is 5.56 Å². The van der Waals surface area contributed by atoms with Crippen LogP contribution in [0.25, 0.3) is 11.1 Å².